The highest BCUT2D eigenvalue weighted by molar-refractivity contribution is 5.78. The molecular weight excluding hydrogens is 328 g/mol. The van der Waals surface area contributed by atoms with Gasteiger partial charge in [0.2, 0.25) is 5.91 Å². The first-order valence-corrected chi connectivity index (χ1v) is 9.01. The number of nitrogens with zero attached hydrogens (tertiary/aromatic N) is 2. The van der Waals surface area contributed by atoms with E-state index in [0.29, 0.717) is 19.7 Å². The van der Waals surface area contributed by atoms with Crippen molar-refractivity contribution >= 4 is 5.91 Å². The molecule has 0 saturated carbocycles. The van der Waals surface area contributed by atoms with Crippen molar-refractivity contribution in [3.05, 3.63) is 47.8 Å². The molecule has 0 bridgehead atoms. The second-order valence-corrected chi connectivity index (χ2v) is 6.95. The van der Waals surface area contributed by atoms with Gasteiger partial charge in [0.15, 0.2) is 0 Å². The summed E-state index contributed by atoms with van der Waals surface area (Å²) < 4.78 is 11.3. The van der Waals surface area contributed by atoms with Crippen LogP contribution in [-0.2, 0) is 9.53 Å². The largest absolute Gasteiger partial charge is 0.497 e. The standard InChI is InChI=1S/C21H26N2O3/c1-14(2)21(24)23-8-9-26-20(13-23)19-12-17(10-15(3)22-19)16-6-5-7-18(11-16)25-4/h5-7,10-12,14,20H,8-9,13H2,1-4H3. The van der Waals surface area contributed by atoms with E-state index in [4.69, 9.17) is 9.47 Å². The lowest BCUT2D eigenvalue weighted by molar-refractivity contribution is -0.142. The van der Waals surface area contributed by atoms with Gasteiger partial charge in [-0.25, -0.2) is 0 Å². The topological polar surface area (TPSA) is 51.7 Å². The molecule has 1 aromatic heterocycles. The highest BCUT2D eigenvalue weighted by Gasteiger charge is 2.27. The van der Waals surface area contributed by atoms with E-state index in [1.807, 2.05) is 43.9 Å². The van der Waals surface area contributed by atoms with E-state index >= 15 is 0 Å². The number of hydrogen-bond donors (Lipinski definition) is 0. The zero-order chi connectivity index (χ0) is 18.7. The van der Waals surface area contributed by atoms with Crippen molar-refractivity contribution in [2.75, 3.05) is 26.8 Å². The number of carbonyl (C=O) groups is 1. The van der Waals surface area contributed by atoms with Crippen LogP contribution in [0.2, 0.25) is 0 Å². The van der Waals surface area contributed by atoms with Crippen molar-refractivity contribution in [2.24, 2.45) is 5.92 Å². The molecule has 1 atom stereocenters. The van der Waals surface area contributed by atoms with Crippen LogP contribution in [0.25, 0.3) is 11.1 Å². The molecule has 5 nitrogen and oxygen atoms in total. The maximum absolute atomic E-state index is 12.3. The fraction of sp³-hybridized carbons (Fsp3) is 0.429. The Morgan fingerprint density at radius 1 is 1.27 bits per heavy atom. The minimum atomic E-state index is -0.198. The highest BCUT2D eigenvalue weighted by atomic mass is 16.5. The minimum Gasteiger partial charge on any atom is -0.497 e. The second-order valence-electron chi connectivity index (χ2n) is 6.95. The van der Waals surface area contributed by atoms with Crippen LogP contribution in [0, 0.1) is 12.8 Å². The molecule has 1 fully saturated rings. The fourth-order valence-corrected chi connectivity index (χ4v) is 3.22. The summed E-state index contributed by atoms with van der Waals surface area (Å²) in [6, 6.07) is 12.1. The third kappa shape index (κ3) is 4.05. The molecule has 1 aromatic carbocycles. The second kappa shape index (κ2) is 7.87. The summed E-state index contributed by atoms with van der Waals surface area (Å²) in [4.78, 5) is 18.9. The van der Waals surface area contributed by atoms with Crippen molar-refractivity contribution in [2.45, 2.75) is 26.9 Å². The summed E-state index contributed by atoms with van der Waals surface area (Å²) in [5.74, 6) is 0.978. The average Bonchev–Trinajstić information content (AvgIpc) is 2.67. The van der Waals surface area contributed by atoms with E-state index in [1.54, 1.807) is 7.11 Å². The minimum absolute atomic E-state index is 0.00781. The molecule has 138 valence electrons. The Morgan fingerprint density at radius 3 is 2.81 bits per heavy atom. The van der Waals surface area contributed by atoms with Gasteiger partial charge in [-0.15, -0.1) is 0 Å². The lowest BCUT2D eigenvalue weighted by atomic mass is 10.0. The number of methoxy groups -OCH3 is 1. The van der Waals surface area contributed by atoms with Gasteiger partial charge in [0.25, 0.3) is 0 Å². The maximum Gasteiger partial charge on any atom is 0.225 e. The molecular formula is C21H26N2O3. The molecule has 26 heavy (non-hydrogen) atoms. The highest BCUT2D eigenvalue weighted by Crippen LogP contribution is 2.29. The van der Waals surface area contributed by atoms with Gasteiger partial charge >= 0.3 is 0 Å². The lowest BCUT2D eigenvalue weighted by Gasteiger charge is -2.34. The molecule has 0 aliphatic carbocycles. The van der Waals surface area contributed by atoms with Crippen molar-refractivity contribution < 1.29 is 14.3 Å². The van der Waals surface area contributed by atoms with Crippen LogP contribution < -0.4 is 4.74 Å². The van der Waals surface area contributed by atoms with Gasteiger partial charge in [0.05, 0.1) is 26.0 Å². The van der Waals surface area contributed by atoms with Crippen LogP contribution in [0.3, 0.4) is 0 Å². The predicted molar refractivity (Wildman–Crippen MR) is 101 cm³/mol. The molecule has 0 radical (unpaired) electrons. The van der Waals surface area contributed by atoms with Gasteiger partial charge in [-0.05, 0) is 42.3 Å². The van der Waals surface area contributed by atoms with E-state index < -0.39 is 0 Å². The van der Waals surface area contributed by atoms with Crippen molar-refractivity contribution in [1.29, 1.82) is 0 Å². The van der Waals surface area contributed by atoms with E-state index in [9.17, 15) is 4.79 Å². The number of carbonyl (C=O) groups excluding carboxylic acids is 1. The lowest BCUT2D eigenvalue weighted by Crippen LogP contribution is -2.44. The van der Waals surface area contributed by atoms with Crippen LogP contribution in [0.4, 0.5) is 0 Å². The molecule has 0 spiro atoms. The Balaban J connectivity index is 1.88. The molecule has 1 amide bonds. The van der Waals surface area contributed by atoms with Crippen LogP contribution in [0.15, 0.2) is 36.4 Å². The summed E-state index contributed by atoms with van der Waals surface area (Å²) in [6.45, 7) is 7.56. The van der Waals surface area contributed by atoms with E-state index in [2.05, 4.69) is 23.2 Å². The van der Waals surface area contributed by atoms with Gasteiger partial charge in [-0.3, -0.25) is 9.78 Å². The SMILES string of the molecule is COc1cccc(-c2cc(C)nc(C3CN(C(=O)C(C)C)CCO3)c2)c1. The van der Waals surface area contributed by atoms with Crippen molar-refractivity contribution in [3.63, 3.8) is 0 Å². The Morgan fingerprint density at radius 2 is 2.08 bits per heavy atom. The van der Waals surface area contributed by atoms with Gasteiger partial charge < -0.3 is 14.4 Å². The quantitative estimate of drug-likeness (QED) is 0.841. The summed E-state index contributed by atoms with van der Waals surface area (Å²) in [5, 5.41) is 0. The smallest absolute Gasteiger partial charge is 0.225 e. The molecule has 1 saturated heterocycles. The zero-order valence-corrected chi connectivity index (χ0v) is 15.9. The number of aromatic nitrogens is 1. The molecule has 1 unspecified atom stereocenters. The molecule has 0 N–H and O–H groups in total. The monoisotopic (exact) mass is 354 g/mol. The van der Waals surface area contributed by atoms with Gasteiger partial charge in [0, 0.05) is 18.2 Å². The van der Waals surface area contributed by atoms with E-state index in [-0.39, 0.29) is 17.9 Å². The molecule has 5 heteroatoms. The molecule has 1 aliphatic rings. The maximum atomic E-state index is 12.3. The van der Waals surface area contributed by atoms with Gasteiger partial charge in [0.1, 0.15) is 11.9 Å². The summed E-state index contributed by atoms with van der Waals surface area (Å²) in [5.41, 5.74) is 3.93. The van der Waals surface area contributed by atoms with E-state index in [0.717, 1.165) is 28.3 Å². The molecule has 2 heterocycles. The third-order valence-corrected chi connectivity index (χ3v) is 4.58. The predicted octanol–water partition coefficient (Wildman–Crippen LogP) is 3.62. The van der Waals surface area contributed by atoms with Crippen LogP contribution in [0.5, 0.6) is 5.75 Å². The first kappa shape index (κ1) is 18.4. The van der Waals surface area contributed by atoms with Crippen LogP contribution >= 0.6 is 0 Å². The molecule has 1 aliphatic heterocycles. The fourth-order valence-electron chi connectivity index (χ4n) is 3.22. The van der Waals surface area contributed by atoms with E-state index in [1.165, 1.54) is 0 Å². The molecule has 3 rings (SSSR count). The Hall–Kier alpha value is -2.40. The van der Waals surface area contributed by atoms with Crippen molar-refractivity contribution in [1.82, 2.24) is 9.88 Å². The summed E-state index contributed by atoms with van der Waals surface area (Å²) in [7, 11) is 1.67. The number of aryl methyl sites for hydroxylation is 1. The summed E-state index contributed by atoms with van der Waals surface area (Å²) in [6.07, 6.45) is -0.198. The number of hydrogen-bond acceptors (Lipinski definition) is 4. The van der Waals surface area contributed by atoms with Crippen LogP contribution in [-0.4, -0.2) is 42.6 Å². The number of ether oxygens (including phenoxy) is 2. The molecule has 2 aromatic rings. The number of rotatable bonds is 4. The number of amides is 1. The summed E-state index contributed by atoms with van der Waals surface area (Å²) >= 11 is 0. The normalized spacial score (nSPS) is 17.4. The van der Waals surface area contributed by atoms with Crippen LogP contribution in [0.1, 0.15) is 31.3 Å². The first-order valence-electron chi connectivity index (χ1n) is 9.01. The Bertz CT molecular complexity index is 789. The number of morpholine rings is 1. The third-order valence-electron chi connectivity index (χ3n) is 4.58. The number of benzene rings is 1. The first-order chi connectivity index (χ1) is 12.5. The van der Waals surface area contributed by atoms with Crippen molar-refractivity contribution in [3.8, 4) is 16.9 Å². The number of pyridine rings is 1. The zero-order valence-electron chi connectivity index (χ0n) is 15.9. The average molecular weight is 354 g/mol. The Labute approximate surface area is 155 Å². The van der Waals surface area contributed by atoms with Gasteiger partial charge in [-0.1, -0.05) is 26.0 Å². The Kier molecular flexibility index (Phi) is 5.57. The van der Waals surface area contributed by atoms with Gasteiger partial charge in [-0.2, -0.15) is 0 Å².